The van der Waals surface area contributed by atoms with Crippen molar-refractivity contribution in [3.63, 3.8) is 0 Å². The first-order valence-corrected chi connectivity index (χ1v) is 8.13. The van der Waals surface area contributed by atoms with E-state index in [1.807, 2.05) is 18.2 Å². The molecule has 2 rings (SSSR count). The molecule has 0 heterocycles. The molecule has 0 unspecified atom stereocenters. The molecule has 0 saturated heterocycles. The molecule has 0 heteroatoms. The lowest BCUT2D eigenvalue weighted by molar-refractivity contribution is 1.00. The highest BCUT2D eigenvalue weighted by Gasteiger charge is 1.90. The van der Waals surface area contributed by atoms with Crippen LogP contribution in [-0.4, -0.2) is 0 Å². The average molecular weight is 300 g/mol. The maximum atomic E-state index is 3.92. The van der Waals surface area contributed by atoms with Crippen LogP contribution in [-0.2, 0) is 0 Å². The molecular formula is C23H24. The molecule has 0 amide bonds. The van der Waals surface area contributed by atoms with Crippen molar-refractivity contribution >= 4 is 12.2 Å². The summed E-state index contributed by atoms with van der Waals surface area (Å²) < 4.78 is 0. The van der Waals surface area contributed by atoms with Crippen LogP contribution in [0.15, 0.2) is 97.1 Å². The minimum atomic E-state index is 0.943. The van der Waals surface area contributed by atoms with E-state index >= 15 is 0 Å². The topological polar surface area (TPSA) is 0 Å². The largest absolute Gasteiger partial charge is 0.0988 e. The predicted octanol–water partition coefficient (Wildman–Crippen LogP) is 6.70. The van der Waals surface area contributed by atoms with E-state index in [-0.39, 0.29) is 0 Å². The van der Waals surface area contributed by atoms with Gasteiger partial charge in [0.15, 0.2) is 0 Å². The fourth-order valence-electron chi connectivity index (χ4n) is 2.31. The van der Waals surface area contributed by atoms with Gasteiger partial charge in [0.05, 0.1) is 0 Å². The van der Waals surface area contributed by atoms with Gasteiger partial charge < -0.3 is 0 Å². The summed E-state index contributed by atoms with van der Waals surface area (Å²) in [6, 6.07) is 20.8. The van der Waals surface area contributed by atoms with Gasteiger partial charge in [-0.05, 0) is 30.4 Å². The molecule has 0 aromatic heterocycles. The van der Waals surface area contributed by atoms with Crippen LogP contribution in [0.5, 0.6) is 0 Å². The van der Waals surface area contributed by atoms with Gasteiger partial charge in [-0.25, -0.2) is 0 Å². The summed E-state index contributed by atoms with van der Waals surface area (Å²) in [4.78, 5) is 0. The van der Waals surface area contributed by atoms with E-state index in [2.05, 4.69) is 85.5 Å². The number of rotatable bonds is 8. The molecule has 0 nitrogen and oxygen atoms in total. The van der Waals surface area contributed by atoms with Gasteiger partial charge in [-0.3, -0.25) is 0 Å². The fraction of sp³-hybridized carbons (Fsp3) is 0.130. The zero-order chi connectivity index (χ0) is 16.2. The summed E-state index contributed by atoms with van der Waals surface area (Å²) in [7, 11) is 0. The SMILES string of the molecule is C=CC(=CCC=Cc1ccccc1)CCC=Cc1ccccc1. The molecule has 0 spiro atoms. The molecule has 0 N–H and O–H groups in total. The molecule has 0 aliphatic carbocycles. The van der Waals surface area contributed by atoms with Gasteiger partial charge in [0.25, 0.3) is 0 Å². The molecule has 0 fully saturated rings. The Hall–Kier alpha value is -2.60. The maximum absolute atomic E-state index is 3.92. The Bertz CT molecular complexity index is 658. The van der Waals surface area contributed by atoms with Gasteiger partial charge >= 0.3 is 0 Å². The van der Waals surface area contributed by atoms with Crippen LogP contribution < -0.4 is 0 Å². The van der Waals surface area contributed by atoms with E-state index in [4.69, 9.17) is 0 Å². The summed E-state index contributed by atoms with van der Waals surface area (Å²) in [5, 5.41) is 0. The van der Waals surface area contributed by atoms with Crippen LogP contribution in [0.25, 0.3) is 12.2 Å². The van der Waals surface area contributed by atoms with Crippen molar-refractivity contribution in [3.05, 3.63) is 108 Å². The molecule has 0 atom stereocenters. The highest BCUT2D eigenvalue weighted by molar-refractivity contribution is 5.49. The molecule has 2 aromatic carbocycles. The van der Waals surface area contributed by atoms with Crippen LogP contribution >= 0.6 is 0 Å². The number of hydrogen-bond donors (Lipinski definition) is 0. The first-order valence-electron chi connectivity index (χ1n) is 8.13. The standard InChI is InChI=1S/C23H24/c1-2-21(13-9-11-19-22-15-5-3-6-16-22)14-10-12-20-23-17-7-4-8-18-23/h2-8,11-13,15-20H,1,9-10,14H2. The Balaban J connectivity index is 1.77. The zero-order valence-corrected chi connectivity index (χ0v) is 13.6. The van der Waals surface area contributed by atoms with E-state index in [9.17, 15) is 0 Å². The zero-order valence-electron chi connectivity index (χ0n) is 13.6. The second-order valence-electron chi connectivity index (χ2n) is 5.38. The molecule has 0 aliphatic heterocycles. The molecule has 0 saturated carbocycles. The second-order valence-corrected chi connectivity index (χ2v) is 5.38. The Kier molecular flexibility index (Phi) is 7.42. The highest BCUT2D eigenvalue weighted by atomic mass is 14.0. The monoisotopic (exact) mass is 300 g/mol. The predicted molar refractivity (Wildman–Crippen MR) is 103 cm³/mol. The van der Waals surface area contributed by atoms with Crippen molar-refractivity contribution < 1.29 is 0 Å². The van der Waals surface area contributed by atoms with E-state index in [1.165, 1.54) is 16.7 Å². The number of hydrogen-bond acceptors (Lipinski definition) is 0. The Morgan fingerprint density at radius 1 is 0.783 bits per heavy atom. The molecule has 0 bridgehead atoms. The minimum absolute atomic E-state index is 0.943. The van der Waals surface area contributed by atoms with E-state index < -0.39 is 0 Å². The van der Waals surface area contributed by atoms with Crippen molar-refractivity contribution in [2.75, 3.05) is 0 Å². The van der Waals surface area contributed by atoms with Crippen LogP contribution in [0.2, 0.25) is 0 Å². The molecule has 116 valence electrons. The third-order valence-electron chi connectivity index (χ3n) is 3.60. The molecule has 0 radical (unpaired) electrons. The van der Waals surface area contributed by atoms with Gasteiger partial charge in [-0.2, -0.15) is 0 Å². The van der Waals surface area contributed by atoms with Gasteiger partial charge in [-0.15, -0.1) is 0 Å². The lowest BCUT2D eigenvalue weighted by Gasteiger charge is -1.98. The molecular weight excluding hydrogens is 276 g/mol. The summed E-state index contributed by atoms with van der Waals surface area (Å²) in [6.45, 7) is 3.92. The van der Waals surface area contributed by atoms with Crippen LogP contribution in [0.4, 0.5) is 0 Å². The Morgan fingerprint density at radius 3 is 1.91 bits per heavy atom. The lowest BCUT2D eigenvalue weighted by atomic mass is 10.1. The Labute approximate surface area is 140 Å². The van der Waals surface area contributed by atoms with E-state index in [0.29, 0.717) is 0 Å². The Morgan fingerprint density at radius 2 is 1.35 bits per heavy atom. The van der Waals surface area contributed by atoms with Gasteiger partial charge in [0.2, 0.25) is 0 Å². The first kappa shape index (κ1) is 16.8. The number of allylic oxidation sites excluding steroid dienone is 5. The third kappa shape index (κ3) is 6.80. The van der Waals surface area contributed by atoms with Crippen molar-refractivity contribution in [3.8, 4) is 0 Å². The quantitative estimate of drug-likeness (QED) is 0.476. The normalized spacial score (nSPS) is 12.1. The summed E-state index contributed by atoms with van der Waals surface area (Å²) >= 11 is 0. The highest BCUT2D eigenvalue weighted by Crippen LogP contribution is 2.11. The van der Waals surface area contributed by atoms with Gasteiger partial charge in [0, 0.05) is 0 Å². The molecule has 23 heavy (non-hydrogen) atoms. The molecule has 0 aliphatic rings. The lowest BCUT2D eigenvalue weighted by Crippen LogP contribution is -1.78. The van der Waals surface area contributed by atoms with Gasteiger partial charge in [0.1, 0.15) is 0 Å². The molecule has 2 aromatic rings. The van der Waals surface area contributed by atoms with Gasteiger partial charge in [-0.1, -0.05) is 109 Å². The fourth-order valence-corrected chi connectivity index (χ4v) is 2.31. The van der Waals surface area contributed by atoms with Crippen molar-refractivity contribution in [2.45, 2.75) is 19.3 Å². The smallest absolute Gasteiger partial charge is 0.0160 e. The second kappa shape index (κ2) is 10.2. The van der Waals surface area contributed by atoms with Crippen LogP contribution in [0.3, 0.4) is 0 Å². The first-order chi connectivity index (χ1) is 11.4. The van der Waals surface area contributed by atoms with E-state index in [1.54, 1.807) is 0 Å². The van der Waals surface area contributed by atoms with Crippen molar-refractivity contribution in [2.24, 2.45) is 0 Å². The van der Waals surface area contributed by atoms with E-state index in [0.717, 1.165) is 19.3 Å². The van der Waals surface area contributed by atoms with Crippen molar-refractivity contribution in [1.29, 1.82) is 0 Å². The van der Waals surface area contributed by atoms with Crippen molar-refractivity contribution in [1.82, 2.24) is 0 Å². The summed E-state index contributed by atoms with van der Waals surface area (Å²) in [5.41, 5.74) is 3.80. The summed E-state index contributed by atoms with van der Waals surface area (Å²) in [6.07, 6.45) is 16.0. The number of benzene rings is 2. The average Bonchev–Trinajstić information content (AvgIpc) is 2.62. The van der Waals surface area contributed by atoms with Crippen LogP contribution in [0.1, 0.15) is 30.4 Å². The minimum Gasteiger partial charge on any atom is -0.0988 e. The third-order valence-corrected chi connectivity index (χ3v) is 3.60. The summed E-state index contributed by atoms with van der Waals surface area (Å²) in [5.74, 6) is 0. The van der Waals surface area contributed by atoms with Crippen LogP contribution in [0, 0.1) is 0 Å². The maximum Gasteiger partial charge on any atom is -0.0160 e.